The minimum absolute atomic E-state index is 0. The van der Waals surface area contributed by atoms with Gasteiger partial charge in [0, 0.05) is 0 Å². The molecule has 7 nitrogen and oxygen atoms in total. The fourth-order valence-corrected chi connectivity index (χ4v) is 4.52. The van der Waals surface area contributed by atoms with Crippen molar-refractivity contribution in [3.8, 4) is 0 Å². The summed E-state index contributed by atoms with van der Waals surface area (Å²) in [7, 11) is -4.84. The Kier molecular flexibility index (Phi) is 33.0. The third kappa shape index (κ3) is 31.9. The molecule has 9 heteroatoms. The fraction of sp³-hybridized carbons (Fsp3) is 0.889. The maximum absolute atomic E-state index is 10.2. The quantitative estimate of drug-likeness (QED) is 0.0686. The van der Waals surface area contributed by atoms with Crippen molar-refractivity contribution in [3.05, 3.63) is 6.92 Å². The summed E-state index contributed by atoms with van der Waals surface area (Å²) in [6.07, 6.45) is 29.1. The Balaban J connectivity index is -0.000000710. The second-order valence-electron chi connectivity index (χ2n) is 9.51. The molecule has 0 aromatic rings. The molecular weight excluding hydrogens is 491 g/mol. The van der Waals surface area contributed by atoms with E-state index in [2.05, 4.69) is 13.8 Å². The van der Waals surface area contributed by atoms with Crippen molar-refractivity contribution < 1.29 is 62.3 Å². The summed E-state index contributed by atoms with van der Waals surface area (Å²) < 4.78 is 28.7. The van der Waals surface area contributed by atoms with Crippen LogP contribution in [0.5, 0.6) is 0 Å². The number of rotatable bonds is 24. The molecule has 1 atom stereocenters. The smallest absolute Gasteiger partial charge is 0.481 e. The Morgan fingerprint density at radius 2 is 0.917 bits per heavy atom. The van der Waals surface area contributed by atoms with Crippen molar-refractivity contribution in [2.45, 2.75) is 153 Å². The molecule has 0 aromatic carbocycles. The minimum atomic E-state index is -4.84. The molecule has 0 fully saturated rings. The van der Waals surface area contributed by atoms with Crippen LogP contribution in [0.3, 0.4) is 0 Å². The van der Waals surface area contributed by atoms with E-state index >= 15 is 0 Å². The summed E-state index contributed by atoms with van der Waals surface area (Å²) in [5.74, 6) is -3.50. The number of carboxylic acids is 2. The molecule has 0 bridgehead atoms. The van der Waals surface area contributed by atoms with Gasteiger partial charge in [0.15, 0.2) is 5.25 Å². The molecule has 0 aromatic heterocycles. The van der Waals surface area contributed by atoms with E-state index in [0.717, 1.165) is 6.42 Å². The van der Waals surface area contributed by atoms with Crippen molar-refractivity contribution >= 4 is 22.1 Å². The van der Waals surface area contributed by atoms with Gasteiger partial charge in [-0.25, -0.2) is 0 Å². The van der Waals surface area contributed by atoms with Crippen molar-refractivity contribution in [3.63, 3.8) is 0 Å². The van der Waals surface area contributed by atoms with Crippen LogP contribution < -0.4 is 29.6 Å². The van der Waals surface area contributed by atoms with E-state index in [1.165, 1.54) is 128 Å². The Bertz CT molecular complexity index is 577. The predicted molar refractivity (Wildman–Crippen MR) is 143 cm³/mol. The van der Waals surface area contributed by atoms with Crippen molar-refractivity contribution in [1.82, 2.24) is 0 Å². The second-order valence-corrected chi connectivity index (χ2v) is 11.1. The first kappa shape index (κ1) is 40.3. The maximum Gasteiger partial charge on any atom is 1.00 e. The predicted octanol–water partition coefficient (Wildman–Crippen LogP) is 4.84. The van der Waals surface area contributed by atoms with E-state index in [1.54, 1.807) is 0 Å². The number of unbranched alkanes of at least 4 members (excludes halogenated alkanes) is 20. The van der Waals surface area contributed by atoms with Crippen LogP contribution >= 0.6 is 0 Å². The van der Waals surface area contributed by atoms with Crippen LogP contribution in [0, 0.1) is 6.92 Å². The van der Waals surface area contributed by atoms with Gasteiger partial charge in [-0.2, -0.15) is 14.8 Å². The van der Waals surface area contributed by atoms with Gasteiger partial charge in [-0.15, -0.1) is 0 Å². The van der Waals surface area contributed by atoms with Crippen LogP contribution in [0.4, 0.5) is 0 Å². The van der Waals surface area contributed by atoms with E-state index in [1.807, 2.05) is 0 Å². The van der Waals surface area contributed by atoms with Gasteiger partial charge in [-0.05, 0) is 0 Å². The molecule has 0 saturated carbocycles. The summed E-state index contributed by atoms with van der Waals surface area (Å²) in [5.41, 5.74) is 0. The molecule has 0 aliphatic carbocycles. The fourth-order valence-electron chi connectivity index (χ4n) is 3.91. The van der Waals surface area contributed by atoms with Crippen molar-refractivity contribution in [2.75, 3.05) is 0 Å². The Labute approximate surface area is 243 Å². The van der Waals surface area contributed by atoms with E-state index in [0.29, 0.717) is 0 Å². The average Bonchev–Trinajstić information content (AvgIpc) is 2.78. The van der Waals surface area contributed by atoms with Crippen LogP contribution in [-0.4, -0.2) is 40.4 Å². The first-order valence-corrected chi connectivity index (χ1v) is 15.4. The van der Waals surface area contributed by atoms with Gasteiger partial charge in [0.25, 0.3) is 10.1 Å². The third-order valence-electron chi connectivity index (χ3n) is 6.10. The molecule has 0 aliphatic heterocycles. The molecule has 0 amide bonds. The molecule has 3 N–H and O–H groups in total. The number of carboxylic acid groups (broad SMARTS) is 2. The van der Waals surface area contributed by atoms with Crippen LogP contribution in [0.15, 0.2) is 0 Å². The van der Waals surface area contributed by atoms with Gasteiger partial charge in [0.05, 0.1) is 6.42 Å². The maximum atomic E-state index is 10.2. The van der Waals surface area contributed by atoms with Crippen LogP contribution in [-0.2, 0) is 19.7 Å². The monoisotopic (exact) mass is 544 g/mol. The first-order chi connectivity index (χ1) is 16.7. The van der Waals surface area contributed by atoms with Crippen molar-refractivity contribution in [2.24, 2.45) is 0 Å². The molecule has 0 saturated heterocycles. The van der Waals surface area contributed by atoms with Gasteiger partial charge >= 0.3 is 41.5 Å². The zero-order valence-electron chi connectivity index (χ0n) is 23.2. The Hall–Kier alpha value is -0.150. The van der Waals surface area contributed by atoms with E-state index in [-0.39, 0.29) is 29.6 Å². The standard InChI is InChI=1S/C23H47.C4H6O7S.Na/c1-3-5-7-9-11-13-15-17-19-21-23-22-20-18-16-14-12-10-8-6-4-2;5-3(6)1-2(4(7)8)12(9,10)11;/h1,3-23H2,2H3;2H,1H2,(H,5,6)(H,7,8)(H,9,10,11);/q-1;;+1. The van der Waals surface area contributed by atoms with Gasteiger partial charge in [0.1, 0.15) is 0 Å². The van der Waals surface area contributed by atoms with E-state index in [4.69, 9.17) is 14.8 Å². The topological polar surface area (TPSA) is 129 Å². The van der Waals surface area contributed by atoms with Gasteiger partial charge in [-0.1, -0.05) is 135 Å². The largest absolute Gasteiger partial charge is 1.00 e. The van der Waals surface area contributed by atoms with E-state index in [9.17, 15) is 18.0 Å². The van der Waals surface area contributed by atoms with Crippen molar-refractivity contribution in [1.29, 1.82) is 0 Å². The number of hydrogen-bond acceptors (Lipinski definition) is 4. The summed E-state index contributed by atoms with van der Waals surface area (Å²) in [6.45, 7) is 6.20. The molecule has 36 heavy (non-hydrogen) atoms. The third-order valence-corrected chi connectivity index (χ3v) is 7.19. The second kappa shape index (κ2) is 29.4. The average molecular weight is 545 g/mol. The van der Waals surface area contributed by atoms with Crippen LogP contribution in [0.25, 0.3) is 0 Å². The summed E-state index contributed by atoms with van der Waals surface area (Å²) in [6, 6.07) is 0. The number of aliphatic carboxylic acids is 2. The minimum Gasteiger partial charge on any atom is -0.481 e. The molecule has 0 heterocycles. The van der Waals surface area contributed by atoms with Gasteiger partial charge < -0.3 is 17.1 Å². The van der Waals surface area contributed by atoms with Crippen LogP contribution in [0.1, 0.15) is 148 Å². The van der Waals surface area contributed by atoms with Gasteiger partial charge in [0.2, 0.25) is 0 Å². The summed E-state index contributed by atoms with van der Waals surface area (Å²) >= 11 is 0. The summed E-state index contributed by atoms with van der Waals surface area (Å²) in [4.78, 5) is 20.0. The summed E-state index contributed by atoms with van der Waals surface area (Å²) in [5, 5.41) is 13.9. The Morgan fingerprint density at radius 1 is 0.639 bits per heavy atom. The molecule has 0 radical (unpaired) electrons. The Morgan fingerprint density at radius 3 is 1.08 bits per heavy atom. The normalized spacial score (nSPS) is 11.8. The zero-order chi connectivity index (χ0) is 26.8. The molecule has 1 unspecified atom stereocenters. The first-order valence-electron chi connectivity index (χ1n) is 13.9. The molecule has 0 rings (SSSR count). The molecule has 0 spiro atoms. The van der Waals surface area contributed by atoms with E-state index < -0.39 is 33.7 Å². The molecule has 210 valence electrons. The zero-order valence-corrected chi connectivity index (χ0v) is 26.0. The number of hydrogen-bond donors (Lipinski definition) is 3. The van der Waals surface area contributed by atoms with Gasteiger partial charge in [-0.3, -0.25) is 14.1 Å². The molecule has 0 aliphatic rings. The number of carbonyl (C=O) groups is 2. The SMILES string of the molecule is O=C(O)CC(C(=O)O)S(=O)(=O)O.[CH2-]CCCCCCCCCCCCCCCCCCCCCC.[Na+]. The van der Waals surface area contributed by atoms with Crippen LogP contribution in [0.2, 0.25) is 0 Å². The molecular formula is C27H53NaO7S.